The third-order valence-corrected chi connectivity index (χ3v) is 2.71. The maximum absolute atomic E-state index is 5.80. The van der Waals surface area contributed by atoms with Crippen LogP contribution in [0, 0.1) is 0 Å². The van der Waals surface area contributed by atoms with Crippen molar-refractivity contribution < 1.29 is 4.74 Å². The normalized spacial score (nSPS) is 21.8. The van der Waals surface area contributed by atoms with E-state index in [1.807, 2.05) is 24.3 Å². The Bertz CT molecular complexity index is 338. The second-order valence-electron chi connectivity index (χ2n) is 3.09. The fourth-order valence-corrected chi connectivity index (χ4v) is 1.84. The van der Waals surface area contributed by atoms with E-state index in [1.165, 1.54) is 0 Å². The minimum atomic E-state index is -0.115. The van der Waals surface area contributed by atoms with Gasteiger partial charge in [0.25, 0.3) is 0 Å². The molecule has 1 aliphatic rings. The number of hydrogen-bond acceptors (Lipinski definition) is 2. The van der Waals surface area contributed by atoms with E-state index in [4.69, 9.17) is 28.6 Å². The molecule has 0 aromatic heterocycles. The quantitative estimate of drug-likeness (QED) is 0.745. The fraction of sp³-hybridized carbons (Fsp3) is 0.300. The number of morpholine rings is 1. The number of benzene rings is 1. The highest BCUT2D eigenvalue weighted by atomic mass is 35.5. The molecule has 0 saturated carbocycles. The average molecular weight is 228 g/mol. The number of nitrogens with one attached hydrogen (secondary N) is 1. The van der Waals surface area contributed by atoms with Gasteiger partial charge in [-0.1, -0.05) is 36.0 Å². The molecule has 1 unspecified atom stereocenters. The largest absolute Gasteiger partial charge is 0.375 e. The van der Waals surface area contributed by atoms with Crippen molar-refractivity contribution in [1.29, 1.82) is 0 Å². The van der Waals surface area contributed by atoms with Gasteiger partial charge < -0.3 is 10.1 Å². The highest BCUT2D eigenvalue weighted by Gasteiger charge is 2.20. The van der Waals surface area contributed by atoms with E-state index in [1.54, 1.807) is 0 Å². The smallest absolute Gasteiger partial charge is 0.132 e. The topological polar surface area (TPSA) is 21.3 Å². The van der Waals surface area contributed by atoms with E-state index in [-0.39, 0.29) is 6.10 Å². The van der Waals surface area contributed by atoms with Gasteiger partial charge in [0.2, 0.25) is 0 Å². The zero-order valence-corrected chi connectivity index (χ0v) is 9.07. The van der Waals surface area contributed by atoms with E-state index in [2.05, 4.69) is 5.32 Å². The van der Waals surface area contributed by atoms with Crippen LogP contribution in [0.15, 0.2) is 24.3 Å². The predicted molar refractivity (Wildman–Crippen MR) is 60.7 cm³/mol. The summed E-state index contributed by atoms with van der Waals surface area (Å²) in [5.41, 5.74) is 1.05. The predicted octanol–water partition coefficient (Wildman–Crippen LogP) is 2.33. The van der Waals surface area contributed by atoms with Gasteiger partial charge in [0.15, 0.2) is 0 Å². The van der Waals surface area contributed by atoms with Gasteiger partial charge in [-0.3, -0.25) is 0 Å². The van der Waals surface area contributed by atoms with Crippen molar-refractivity contribution in [1.82, 2.24) is 5.32 Å². The van der Waals surface area contributed by atoms with Gasteiger partial charge in [0.05, 0.1) is 6.61 Å². The van der Waals surface area contributed by atoms with Crippen molar-refractivity contribution in [2.75, 3.05) is 13.2 Å². The summed E-state index contributed by atoms with van der Waals surface area (Å²) < 4.78 is 5.57. The molecule has 1 aromatic rings. The summed E-state index contributed by atoms with van der Waals surface area (Å²) in [7, 11) is 0. The summed E-state index contributed by atoms with van der Waals surface area (Å²) in [5.74, 6) is 0. The van der Waals surface area contributed by atoms with E-state index in [0.29, 0.717) is 6.61 Å². The Morgan fingerprint density at radius 3 is 2.71 bits per heavy atom. The van der Waals surface area contributed by atoms with Crippen molar-refractivity contribution >= 4 is 28.8 Å². The average Bonchev–Trinajstić information content (AvgIpc) is 2.20. The van der Waals surface area contributed by atoms with Crippen molar-refractivity contribution in [3.8, 4) is 0 Å². The lowest BCUT2D eigenvalue weighted by molar-refractivity contribution is 0.0869. The van der Waals surface area contributed by atoms with Gasteiger partial charge in [-0.2, -0.15) is 0 Å². The van der Waals surface area contributed by atoms with Crippen LogP contribution < -0.4 is 5.32 Å². The molecule has 0 bridgehead atoms. The number of thiocarbonyl (C=S) groups is 1. The molecule has 1 saturated heterocycles. The molecule has 0 aliphatic carbocycles. The maximum Gasteiger partial charge on any atom is 0.132 e. The Balaban J connectivity index is 2.20. The van der Waals surface area contributed by atoms with Crippen LogP contribution in [0.1, 0.15) is 11.7 Å². The summed E-state index contributed by atoms with van der Waals surface area (Å²) in [6.07, 6.45) is -0.115. The number of halogens is 1. The molecule has 2 nitrogen and oxygen atoms in total. The highest BCUT2D eigenvalue weighted by Crippen LogP contribution is 2.22. The Morgan fingerprint density at radius 2 is 2.07 bits per heavy atom. The third-order valence-electron chi connectivity index (χ3n) is 2.10. The van der Waals surface area contributed by atoms with Crippen LogP contribution in [0.2, 0.25) is 5.02 Å². The van der Waals surface area contributed by atoms with E-state index >= 15 is 0 Å². The first-order valence-corrected chi connectivity index (χ1v) is 5.21. The molecule has 4 heteroatoms. The van der Waals surface area contributed by atoms with E-state index < -0.39 is 0 Å². The van der Waals surface area contributed by atoms with Crippen LogP contribution in [0.5, 0.6) is 0 Å². The molecule has 1 heterocycles. The first-order valence-electron chi connectivity index (χ1n) is 4.42. The van der Waals surface area contributed by atoms with Crippen LogP contribution in [0.3, 0.4) is 0 Å². The van der Waals surface area contributed by atoms with Crippen molar-refractivity contribution in [3.05, 3.63) is 34.9 Å². The number of ether oxygens (including phenoxy) is 1. The van der Waals surface area contributed by atoms with Gasteiger partial charge in [-0.05, 0) is 17.7 Å². The van der Waals surface area contributed by atoms with Crippen LogP contribution >= 0.6 is 23.8 Å². The third kappa shape index (κ3) is 2.05. The first kappa shape index (κ1) is 9.90. The van der Waals surface area contributed by atoms with Crippen molar-refractivity contribution in [2.45, 2.75) is 6.10 Å². The summed E-state index contributed by atoms with van der Waals surface area (Å²) in [6, 6.07) is 7.56. The molecule has 1 aromatic carbocycles. The zero-order chi connectivity index (χ0) is 9.97. The summed E-state index contributed by atoms with van der Waals surface area (Å²) >= 11 is 11.0. The number of rotatable bonds is 1. The molecule has 14 heavy (non-hydrogen) atoms. The summed E-state index contributed by atoms with van der Waals surface area (Å²) in [6.45, 7) is 1.48. The van der Waals surface area contributed by atoms with Gasteiger partial charge in [-0.15, -0.1) is 0 Å². The Kier molecular flexibility index (Phi) is 3.01. The molecule has 0 spiro atoms. The van der Waals surface area contributed by atoms with E-state index in [0.717, 1.165) is 22.1 Å². The molecule has 1 N–H and O–H groups in total. The number of hydrogen-bond donors (Lipinski definition) is 1. The first-order chi connectivity index (χ1) is 6.77. The lowest BCUT2D eigenvalue weighted by atomic mass is 10.1. The van der Waals surface area contributed by atoms with Crippen molar-refractivity contribution in [2.24, 2.45) is 0 Å². The lowest BCUT2D eigenvalue weighted by Crippen LogP contribution is -2.37. The Labute approximate surface area is 93.2 Å². The van der Waals surface area contributed by atoms with Crippen LogP contribution in [-0.4, -0.2) is 18.1 Å². The molecule has 74 valence electrons. The molecule has 1 atom stereocenters. The van der Waals surface area contributed by atoms with Crippen LogP contribution in [0.4, 0.5) is 0 Å². The minimum absolute atomic E-state index is 0.115. The molecular formula is C10H10ClNOS. The standard InChI is InChI=1S/C10H10ClNOS/c11-8-3-1-7(2-4-8)9-10(14)12-5-6-13-9/h1-4,9H,5-6H2,(H,12,14). The maximum atomic E-state index is 5.80. The summed E-state index contributed by atoms with van der Waals surface area (Å²) in [4.78, 5) is 0.749. The van der Waals surface area contributed by atoms with E-state index in [9.17, 15) is 0 Å². The van der Waals surface area contributed by atoms with Gasteiger partial charge in [0.1, 0.15) is 11.1 Å². The van der Waals surface area contributed by atoms with Crippen LogP contribution in [-0.2, 0) is 4.74 Å². The Morgan fingerprint density at radius 1 is 1.36 bits per heavy atom. The van der Waals surface area contributed by atoms with Crippen molar-refractivity contribution in [3.63, 3.8) is 0 Å². The molecule has 2 rings (SSSR count). The minimum Gasteiger partial charge on any atom is -0.375 e. The molecule has 0 radical (unpaired) electrons. The molecular weight excluding hydrogens is 218 g/mol. The van der Waals surface area contributed by atoms with Gasteiger partial charge in [-0.25, -0.2) is 0 Å². The van der Waals surface area contributed by atoms with Gasteiger partial charge in [0, 0.05) is 11.6 Å². The fourth-order valence-electron chi connectivity index (χ4n) is 1.40. The second-order valence-corrected chi connectivity index (χ2v) is 3.97. The monoisotopic (exact) mass is 227 g/mol. The Hall–Kier alpha value is -0.640. The highest BCUT2D eigenvalue weighted by molar-refractivity contribution is 7.80. The van der Waals surface area contributed by atoms with Gasteiger partial charge >= 0.3 is 0 Å². The second kappa shape index (κ2) is 4.26. The summed E-state index contributed by atoms with van der Waals surface area (Å²) in [5, 5.41) is 3.84. The molecule has 0 amide bonds. The lowest BCUT2D eigenvalue weighted by Gasteiger charge is -2.25. The SMILES string of the molecule is S=C1NCCOC1c1ccc(Cl)cc1. The molecule has 1 aliphatic heterocycles. The molecule has 1 fully saturated rings. The zero-order valence-electron chi connectivity index (χ0n) is 7.50. The van der Waals surface area contributed by atoms with Crippen LogP contribution in [0.25, 0.3) is 0 Å².